The molecule has 0 saturated heterocycles. The van der Waals surface area contributed by atoms with Crippen LogP contribution in [-0.2, 0) is 21.2 Å². The van der Waals surface area contributed by atoms with Crippen LogP contribution in [0.1, 0.15) is 17.2 Å². The Morgan fingerprint density at radius 3 is 2.03 bits per heavy atom. The fourth-order valence-electron chi connectivity index (χ4n) is 3.55. The molecule has 5 nitrogen and oxygen atoms in total. The quantitative estimate of drug-likeness (QED) is 0.669. The lowest BCUT2D eigenvalue weighted by molar-refractivity contribution is -0.130. The summed E-state index contributed by atoms with van der Waals surface area (Å²) in [6.45, 7) is 0.0829. The molecule has 0 spiro atoms. The molecule has 3 aromatic carbocycles. The summed E-state index contributed by atoms with van der Waals surface area (Å²) in [5.74, 6) is -2.09. The van der Waals surface area contributed by atoms with Gasteiger partial charge < -0.3 is 10.0 Å². The Morgan fingerprint density at radius 2 is 1.43 bits per heavy atom. The predicted molar refractivity (Wildman–Crippen MR) is 109 cm³/mol. The monoisotopic (exact) mass is 423 g/mol. The summed E-state index contributed by atoms with van der Waals surface area (Å²) in [5.41, 5.74) is 1.16. The molecule has 1 aliphatic rings. The molecule has 152 valence electrons. The van der Waals surface area contributed by atoms with Gasteiger partial charge in [-0.2, -0.15) is 0 Å². The number of rotatable bonds is 5. The number of carbonyl (C=O) groups excluding carboxylic acids is 1. The molecule has 1 amide bonds. The number of hydrogen-bond donors (Lipinski definition) is 1. The van der Waals surface area contributed by atoms with Crippen LogP contribution in [0.15, 0.2) is 100 Å². The first-order chi connectivity index (χ1) is 14.4. The molecule has 0 bridgehead atoms. The smallest absolute Gasteiger partial charge is 0.290 e. The van der Waals surface area contributed by atoms with Gasteiger partial charge in [0.25, 0.3) is 5.91 Å². The zero-order valence-electron chi connectivity index (χ0n) is 15.8. The summed E-state index contributed by atoms with van der Waals surface area (Å²) < 4.78 is 40.2. The third-order valence-electron chi connectivity index (χ3n) is 4.98. The first-order valence-corrected chi connectivity index (χ1v) is 10.7. The molecule has 0 radical (unpaired) electrons. The second-order valence-corrected chi connectivity index (χ2v) is 8.82. The molecular formula is C23H18FNO4S. The highest BCUT2D eigenvalue weighted by Gasteiger charge is 2.46. The summed E-state index contributed by atoms with van der Waals surface area (Å²) in [4.78, 5) is 13.8. The molecule has 1 aliphatic heterocycles. The molecule has 4 rings (SSSR count). The van der Waals surface area contributed by atoms with Gasteiger partial charge in [-0.25, -0.2) is 12.8 Å². The lowest BCUT2D eigenvalue weighted by Crippen LogP contribution is -2.30. The van der Waals surface area contributed by atoms with Crippen LogP contribution in [0.5, 0.6) is 0 Å². The third-order valence-corrected chi connectivity index (χ3v) is 6.87. The van der Waals surface area contributed by atoms with Crippen molar-refractivity contribution < 1.29 is 22.7 Å². The zero-order valence-corrected chi connectivity index (χ0v) is 16.6. The van der Waals surface area contributed by atoms with Crippen LogP contribution in [-0.4, -0.2) is 24.3 Å². The van der Waals surface area contributed by atoms with Crippen molar-refractivity contribution in [3.05, 3.63) is 113 Å². The van der Waals surface area contributed by atoms with Crippen molar-refractivity contribution in [1.29, 1.82) is 0 Å². The number of benzene rings is 3. The van der Waals surface area contributed by atoms with E-state index in [1.54, 1.807) is 42.5 Å². The SMILES string of the molecule is O=C1C(O)=C(S(=O)(=O)c2ccccc2)[C@@H](c2ccc(F)cc2)N1Cc1ccccc1. The zero-order chi connectivity index (χ0) is 21.3. The fourth-order valence-corrected chi connectivity index (χ4v) is 5.22. The van der Waals surface area contributed by atoms with Crippen LogP contribution >= 0.6 is 0 Å². The lowest BCUT2D eigenvalue weighted by atomic mass is 10.1. The van der Waals surface area contributed by atoms with Crippen LogP contribution in [0, 0.1) is 5.82 Å². The Labute approximate surface area is 173 Å². The van der Waals surface area contributed by atoms with Crippen LogP contribution in [0.3, 0.4) is 0 Å². The average molecular weight is 423 g/mol. The molecule has 0 aliphatic carbocycles. The van der Waals surface area contributed by atoms with E-state index in [1.165, 1.54) is 41.3 Å². The molecule has 30 heavy (non-hydrogen) atoms. The van der Waals surface area contributed by atoms with Crippen molar-refractivity contribution in [3.63, 3.8) is 0 Å². The minimum atomic E-state index is -4.18. The van der Waals surface area contributed by atoms with Crippen LogP contribution in [0.2, 0.25) is 0 Å². The number of sulfone groups is 1. The summed E-state index contributed by atoms with van der Waals surface area (Å²) >= 11 is 0. The van der Waals surface area contributed by atoms with E-state index in [0.717, 1.165) is 5.56 Å². The van der Waals surface area contributed by atoms with E-state index in [2.05, 4.69) is 0 Å². The van der Waals surface area contributed by atoms with Crippen molar-refractivity contribution in [2.75, 3.05) is 0 Å². The van der Waals surface area contributed by atoms with Crippen LogP contribution in [0.4, 0.5) is 4.39 Å². The first-order valence-electron chi connectivity index (χ1n) is 9.23. The topological polar surface area (TPSA) is 74.7 Å². The Bertz CT molecular complexity index is 1210. The number of nitrogens with zero attached hydrogens (tertiary/aromatic N) is 1. The van der Waals surface area contributed by atoms with Gasteiger partial charge in [-0.15, -0.1) is 0 Å². The summed E-state index contributed by atoms with van der Waals surface area (Å²) in [7, 11) is -4.18. The van der Waals surface area contributed by atoms with Crippen molar-refractivity contribution in [2.45, 2.75) is 17.5 Å². The maximum absolute atomic E-state index is 13.5. The maximum Gasteiger partial charge on any atom is 0.290 e. The average Bonchev–Trinajstić information content (AvgIpc) is 3.01. The Kier molecular flexibility index (Phi) is 5.13. The van der Waals surface area contributed by atoms with Crippen molar-refractivity contribution in [2.24, 2.45) is 0 Å². The van der Waals surface area contributed by atoms with Gasteiger partial charge in [0, 0.05) is 6.54 Å². The second kappa shape index (κ2) is 7.76. The Morgan fingerprint density at radius 1 is 0.867 bits per heavy atom. The van der Waals surface area contributed by atoms with E-state index in [0.29, 0.717) is 5.56 Å². The summed E-state index contributed by atoms with van der Waals surface area (Å²) in [5, 5.41) is 10.6. The minimum Gasteiger partial charge on any atom is -0.502 e. The van der Waals surface area contributed by atoms with Gasteiger partial charge in [-0.1, -0.05) is 60.7 Å². The second-order valence-electron chi connectivity index (χ2n) is 6.90. The molecular weight excluding hydrogens is 405 g/mol. The van der Waals surface area contributed by atoms with Gasteiger partial charge in [0.1, 0.15) is 10.7 Å². The van der Waals surface area contributed by atoms with Gasteiger partial charge in [-0.3, -0.25) is 4.79 Å². The molecule has 0 unspecified atom stereocenters. The number of aliphatic hydroxyl groups is 1. The van der Waals surface area contributed by atoms with E-state index in [-0.39, 0.29) is 11.4 Å². The summed E-state index contributed by atoms with van der Waals surface area (Å²) in [6, 6.07) is 20.8. The number of carbonyl (C=O) groups is 1. The van der Waals surface area contributed by atoms with Crippen LogP contribution < -0.4 is 0 Å². The van der Waals surface area contributed by atoms with E-state index < -0.39 is 38.3 Å². The molecule has 1 N–H and O–H groups in total. The third kappa shape index (κ3) is 3.48. The minimum absolute atomic E-state index is 0.0342. The largest absolute Gasteiger partial charge is 0.502 e. The van der Waals surface area contributed by atoms with Gasteiger partial charge in [0.15, 0.2) is 5.76 Å². The number of aliphatic hydroxyl groups excluding tert-OH is 1. The van der Waals surface area contributed by atoms with Crippen molar-refractivity contribution >= 4 is 15.7 Å². The van der Waals surface area contributed by atoms with E-state index in [9.17, 15) is 22.7 Å². The number of amides is 1. The number of halogens is 1. The van der Waals surface area contributed by atoms with Crippen molar-refractivity contribution in [3.8, 4) is 0 Å². The van der Waals surface area contributed by atoms with E-state index in [4.69, 9.17) is 0 Å². The van der Waals surface area contributed by atoms with Gasteiger partial charge in [0.05, 0.1) is 10.9 Å². The van der Waals surface area contributed by atoms with E-state index >= 15 is 0 Å². The molecule has 0 saturated carbocycles. The molecule has 0 aromatic heterocycles. The predicted octanol–water partition coefficient (Wildman–Crippen LogP) is 4.15. The molecule has 1 heterocycles. The molecule has 0 fully saturated rings. The Balaban J connectivity index is 1.86. The fraction of sp³-hybridized carbons (Fsp3) is 0.0870. The number of hydrogen-bond acceptors (Lipinski definition) is 4. The molecule has 7 heteroatoms. The standard InChI is InChI=1S/C23H18FNO4S/c24-18-13-11-17(12-14-18)20-22(30(28,29)19-9-5-2-6-10-19)21(26)23(27)25(20)15-16-7-3-1-4-8-16/h1-14,20,26H,15H2/t20-/m1/s1. The highest BCUT2D eigenvalue weighted by Crippen LogP contribution is 2.43. The van der Waals surface area contributed by atoms with Crippen LogP contribution in [0.25, 0.3) is 0 Å². The van der Waals surface area contributed by atoms with Gasteiger partial charge in [-0.05, 0) is 35.4 Å². The highest BCUT2D eigenvalue weighted by molar-refractivity contribution is 7.95. The van der Waals surface area contributed by atoms with Gasteiger partial charge >= 0.3 is 0 Å². The first kappa shape index (κ1) is 19.8. The lowest BCUT2D eigenvalue weighted by Gasteiger charge is -2.27. The summed E-state index contributed by atoms with van der Waals surface area (Å²) in [6.07, 6.45) is 0. The highest BCUT2D eigenvalue weighted by atomic mass is 32.2. The normalized spacial score (nSPS) is 16.9. The molecule has 1 atom stereocenters. The van der Waals surface area contributed by atoms with Crippen molar-refractivity contribution in [1.82, 2.24) is 4.90 Å². The maximum atomic E-state index is 13.5. The van der Waals surface area contributed by atoms with Gasteiger partial charge in [0.2, 0.25) is 9.84 Å². The Hall–Kier alpha value is -3.45. The van der Waals surface area contributed by atoms with E-state index in [1.807, 2.05) is 6.07 Å². The molecule has 3 aromatic rings.